The summed E-state index contributed by atoms with van der Waals surface area (Å²) in [6, 6.07) is 20.5. The molecule has 0 bridgehead atoms. The van der Waals surface area contributed by atoms with Gasteiger partial charge >= 0.3 is 12.7 Å². The lowest BCUT2D eigenvalue weighted by atomic mass is 10.1. The van der Waals surface area contributed by atoms with Crippen molar-refractivity contribution in [2.24, 2.45) is 5.73 Å². The Morgan fingerprint density at radius 3 is 1.19 bits per heavy atom. The van der Waals surface area contributed by atoms with Gasteiger partial charge in [-0.25, -0.2) is 19.3 Å². The zero-order valence-electron chi connectivity index (χ0n) is 27.1. The first-order chi connectivity index (χ1) is 25.4. The maximum atomic E-state index is 13.5. The number of alkyl halides is 10. The van der Waals surface area contributed by atoms with E-state index in [0.29, 0.717) is 22.5 Å². The van der Waals surface area contributed by atoms with E-state index in [1.165, 1.54) is 82.7 Å². The van der Waals surface area contributed by atoms with E-state index in [1.54, 1.807) is 0 Å². The summed E-state index contributed by atoms with van der Waals surface area (Å²) in [6.07, 6.45) is -6.85. The number of nitrogens with two attached hydrogens (primary N) is 1. The van der Waals surface area contributed by atoms with E-state index in [1.807, 2.05) is 0 Å². The quantitative estimate of drug-likeness (QED) is 0.135. The van der Waals surface area contributed by atoms with E-state index in [2.05, 4.69) is 29.6 Å². The summed E-state index contributed by atoms with van der Waals surface area (Å²) < 4.78 is 137. The molecule has 284 valence electrons. The van der Waals surface area contributed by atoms with E-state index < -0.39 is 37.7 Å². The fourth-order valence-electron chi connectivity index (χ4n) is 4.58. The number of hydrogen-bond acceptors (Lipinski definition) is 8. The molecule has 0 aliphatic rings. The summed E-state index contributed by atoms with van der Waals surface area (Å²) in [4.78, 5) is 8.15. The van der Waals surface area contributed by atoms with Gasteiger partial charge in [0.25, 0.3) is 11.8 Å². The molecule has 10 nitrogen and oxygen atoms in total. The molecule has 6 rings (SSSR count). The van der Waals surface area contributed by atoms with Crippen LogP contribution in [0.5, 0.6) is 11.5 Å². The summed E-state index contributed by atoms with van der Waals surface area (Å²) in [6.45, 7) is -2.10. The molecule has 0 fully saturated rings. The predicted molar refractivity (Wildman–Crippen MR) is 171 cm³/mol. The molecule has 2 aromatic heterocycles. The van der Waals surface area contributed by atoms with Crippen LogP contribution >= 0.6 is 0 Å². The summed E-state index contributed by atoms with van der Waals surface area (Å²) in [7, 11) is 0. The van der Waals surface area contributed by atoms with Crippen LogP contribution < -0.4 is 15.2 Å². The van der Waals surface area contributed by atoms with Crippen LogP contribution in [0.1, 0.15) is 11.1 Å². The Morgan fingerprint density at radius 1 is 0.519 bits per heavy atom. The molecule has 0 aliphatic carbocycles. The van der Waals surface area contributed by atoms with Crippen molar-refractivity contribution >= 4 is 0 Å². The number of halogens is 10. The molecule has 0 amide bonds. The first kappa shape index (κ1) is 39.2. The van der Waals surface area contributed by atoms with Crippen LogP contribution in [0.3, 0.4) is 0 Å². The molecule has 0 unspecified atom stereocenters. The molecule has 0 aliphatic heterocycles. The number of nitrogens with zero attached hydrogens (tertiary/aromatic N) is 6. The third-order valence-electron chi connectivity index (χ3n) is 7.24. The highest BCUT2D eigenvalue weighted by atomic mass is 19.4. The second-order valence-corrected chi connectivity index (χ2v) is 11.0. The van der Waals surface area contributed by atoms with Crippen molar-refractivity contribution in [2.75, 3.05) is 13.2 Å². The molecule has 0 radical (unpaired) electrons. The van der Waals surface area contributed by atoms with Gasteiger partial charge in [-0.1, -0.05) is 48.5 Å². The van der Waals surface area contributed by atoms with Crippen molar-refractivity contribution < 1.29 is 58.5 Å². The lowest BCUT2D eigenvalue weighted by Crippen LogP contribution is -2.24. The first-order valence-electron chi connectivity index (χ1n) is 15.2. The highest BCUT2D eigenvalue weighted by Gasteiger charge is 2.33. The maximum absolute atomic E-state index is 13.5. The van der Waals surface area contributed by atoms with Crippen LogP contribution in [0.4, 0.5) is 43.9 Å². The van der Waals surface area contributed by atoms with Crippen molar-refractivity contribution in [2.45, 2.75) is 24.6 Å². The van der Waals surface area contributed by atoms with E-state index in [4.69, 9.17) is 10.8 Å². The molecule has 6 aromatic rings. The Balaban J connectivity index is 0.000000208. The standard InChI is InChI=1S/C17H13F5N4O.C17H12F5N3O2/c18-16(19,9-23)12-3-1-11(2-4-12)15-24-10-26(25-15)13-5-7-14(8-6-13)27-17(20,21)22;18-16(19,9-26)12-3-1-11(2-4-12)15-23-10-25(24-15)13-5-7-14(8-6-13)27-17(20,21)22/h1-8,10H,9,23H2;1-8,10,26H,9H2. The normalized spacial score (nSPS) is 12.2. The fraction of sp³-hybridized carbons (Fsp3) is 0.176. The monoisotopic (exact) mass is 769 g/mol. The van der Waals surface area contributed by atoms with Crippen molar-refractivity contribution in [3.05, 3.63) is 121 Å². The minimum absolute atomic E-state index is 0.214. The van der Waals surface area contributed by atoms with Crippen LogP contribution in [0.25, 0.3) is 34.2 Å². The molecule has 0 spiro atoms. The number of hydrogen-bond donors (Lipinski definition) is 2. The molecule has 3 N–H and O–H groups in total. The Morgan fingerprint density at radius 2 is 0.870 bits per heavy atom. The maximum Gasteiger partial charge on any atom is 0.573 e. The van der Waals surface area contributed by atoms with Gasteiger partial charge in [-0.3, -0.25) is 0 Å². The molecule has 0 saturated heterocycles. The Kier molecular flexibility index (Phi) is 11.3. The molecular weight excluding hydrogens is 744 g/mol. The summed E-state index contributed by atoms with van der Waals surface area (Å²) >= 11 is 0. The zero-order valence-corrected chi connectivity index (χ0v) is 27.1. The fourth-order valence-corrected chi connectivity index (χ4v) is 4.58. The second kappa shape index (κ2) is 15.5. The average Bonchev–Trinajstić information content (AvgIpc) is 3.83. The number of aliphatic hydroxyl groups is 1. The second-order valence-electron chi connectivity index (χ2n) is 11.0. The van der Waals surface area contributed by atoms with E-state index in [-0.39, 0.29) is 34.3 Å². The first-order valence-corrected chi connectivity index (χ1v) is 15.2. The number of aliphatic hydroxyl groups excluding tert-OH is 1. The molecule has 54 heavy (non-hydrogen) atoms. The predicted octanol–water partition coefficient (Wildman–Crippen LogP) is 7.80. The van der Waals surface area contributed by atoms with E-state index in [9.17, 15) is 43.9 Å². The molecule has 20 heteroatoms. The van der Waals surface area contributed by atoms with Crippen LogP contribution in [-0.2, 0) is 11.8 Å². The number of rotatable bonds is 10. The Bertz CT molecular complexity index is 1960. The minimum atomic E-state index is -4.78. The Labute approximate surface area is 298 Å². The van der Waals surface area contributed by atoms with Crippen molar-refractivity contribution in [1.29, 1.82) is 0 Å². The molecule has 4 aromatic carbocycles. The van der Waals surface area contributed by atoms with Crippen LogP contribution in [0.15, 0.2) is 110 Å². The highest BCUT2D eigenvalue weighted by molar-refractivity contribution is 5.56. The van der Waals surface area contributed by atoms with Gasteiger partial charge < -0.3 is 20.3 Å². The number of aromatic nitrogens is 6. The molecule has 0 saturated carbocycles. The number of ether oxygens (including phenoxy) is 2. The van der Waals surface area contributed by atoms with Gasteiger partial charge in [0.05, 0.1) is 17.9 Å². The van der Waals surface area contributed by atoms with Gasteiger partial charge in [0.2, 0.25) is 0 Å². The smallest absolute Gasteiger partial charge is 0.406 e. The summed E-state index contributed by atoms with van der Waals surface area (Å²) in [5.41, 5.74) is 6.35. The van der Waals surface area contributed by atoms with Gasteiger partial charge in [-0.15, -0.1) is 36.5 Å². The van der Waals surface area contributed by atoms with Crippen LogP contribution in [0, 0.1) is 0 Å². The molecule has 2 heterocycles. The van der Waals surface area contributed by atoms with Gasteiger partial charge in [0.15, 0.2) is 11.6 Å². The van der Waals surface area contributed by atoms with Gasteiger partial charge in [0, 0.05) is 22.3 Å². The summed E-state index contributed by atoms with van der Waals surface area (Å²) in [5.74, 6) is -6.68. The van der Waals surface area contributed by atoms with E-state index in [0.717, 1.165) is 36.4 Å². The van der Waals surface area contributed by atoms with Crippen molar-refractivity contribution in [3.63, 3.8) is 0 Å². The highest BCUT2D eigenvalue weighted by Crippen LogP contribution is 2.30. The minimum Gasteiger partial charge on any atom is -0.406 e. The largest absolute Gasteiger partial charge is 0.573 e. The third kappa shape index (κ3) is 10.1. The van der Waals surface area contributed by atoms with Crippen LogP contribution in [0.2, 0.25) is 0 Å². The number of benzene rings is 4. The summed E-state index contributed by atoms with van der Waals surface area (Å²) in [5, 5.41) is 17.1. The third-order valence-corrected chi connectivity index (χ3v) is 7.24. The van der Waals surface area contributed by atoms with Crippen molar-refractivity contribution in [1.82, 2.24) is 29.5 Å². The van der Waals surface area contributed by atoms with Gasteiger partial charge in [-0.05, 0) is 48.5 Å². The van der Waals surface area contributed by atoms with E-state index >= 15 is 0 Å². The molecule has 0 atom stereocenters. The lowest BCUT2D eigenvalue weighted by Gasteiger charge is -2.13. The molecular formula is C34H25F10N7O3. The SMILES string of the molecule is NCC(F)(F)c1ccc(-c2ncn(-c3ccc(OC(F)(F)F)cc3)n2)cc1.OCC(F)(F)c1ccc(-c2ncn(-c3ccc(OC(F)(F)F)cc3)n2)cc1. The topological polar surface area (TPSA) is 126 Å². The van der Waals surface area contributed by atoms with Crippen LogP contribution in [-0.4, -0.2) is 60.5 Å². The van der Waals surface area contributed by atoms with Crippen molar-refractivity contribution in [3.8, 4) is 45.6 Å². The Hall–Kier alpha value is -6.02. The average molecular weight is 770 g/mol. The lowest BCUT2D eigenvalue weighted by molar-refractivity contribution is -0.275. The van der Waals surface area contributed by atoms with Gasteiger partial charge in [0.1, 0.15) is 30.8 Å². The van der Waals surface area contributed by atoms with Gasteiger partial charge in [-0.2, -0.15) is 17.6 Å². The zero-order chi connectivity index (χ0) is 39.3.